The van der Waals surface area contributed by atoms with E-state index in [-0.39, 0.29) is 17.7 Å². The summed E-state index contributed by atoms with van der Waals surface area (Å²) in [7, 11) is 0. The summed E-state index contributed by atoms with van der Waals surface area (Å²) >= 11 is 3.41. The molecule has 2 rings (SSSR count). The number of carbonyl (C=O) groups is 1. The Hall–Kier alpha value is -0.870. The first-order valence-electron chi connectivity index (χ1n) is 6.11. The molecule has 1 aliphatic rings. The Kier molecular flexibility index (Phi) is 4.07. The highest BCUT2D eigenvalue weighted by molar-refractivity contribution is 9.10. The maximum atomic E-state index is 11.5. The molecule has 1 atom stereocenters. The van der Waals surface area contributed by atoms with Gasteiger partial charge in [0.1, 0.15) is 5.60 Å². The van der Waals surface area contributed by atoms with Crippen LogP contribution in [0.5, 0.6) is 0 Å². The van der Waals surface area contributed by atoms with Gasteiger partial charge in [0.2, 0.25) is 0 Å². The number of epoxide rings is 1. The van der Waals surface area contributed by atoms with Crippen LogP contribution in [-0.4, -0.2) is 18.7 Å². The zero-order chi connectivity index (χ0) is 13.2. The zero-order valence-electron chi connectivity index (χ0n) is 10.6. The van der Waals surface area contributed by atoms with Crippen LogP contribution in [0.4, 0.5) is 0 Å². The van der Waals surface area contributed by atoms with Crippen LogP contribution in [0.1, 0.15) is 32.3 Å². The molecule has 0 spiro atoms. The molecular formula is C14H17BrO3. The Morgan fingerprint density at radius 3 is 2.56 bits per heavy atom. The van der Waals surface area contributed by atoms with Crippen molar-refractivity contribution in [2.45, 2.75) is 38.4 Å². The molecule has 0 aliphatic carbocycles. The number of carbonyl (C=O) groups excluding carboxylic acids is 1. The Labute approximate surface area is 116 Å². The summed E-state index contributed by atoms with van der Waals surface area (Å²) in [6.07, 6.45) is 1.02. The van der Waals surface area contributed by atoms with Crippen molar-refractivity contribution in [3.05, 3.63) is 34.3 Å². The van der Waals surface area contributed by atoms with Gasteiger partial charge in [-0.3, -0.25) is 4.79 Å². The van der Waals surface area contributed by atoms with E-state index in [0.717, 1.165) is 10.0 Å². The lowest BCUT2D eigenvalue weighted by molar-refractivity contribution is -0.147. The standard InChI is InChI=1S/C14H17BrO3/c1-10(2)18-13(16)7-8-14(9-17-14)11-3-5-12(15)6-4-11/h3-6,10H,7-9H2,1-2H3/t14-/m1/s1. The largest absolute Gasteiger partial charge is 0.463 e. The Bertz CT molecular complexity index is 421. The molecule has 1 aliphatic heterocycles. The first kappa shape index (κ1) is 13.6. The van der Waals surface area contributed by atoms with Gasteiger partial charge in [0, 0.05) is 10.9 Å². The molecule has 0 amide bonds. The quantitative estimate of drug-likeness (QED) is 0.618. The molecule has 3 nitrogen and oxygen atoms in total. The second kappa shape index (κ2) is 5.41. The third-order valence-electron chi connectivity index (χ3n) is 2.96. The highest BCUT2D eigenvalue weighted by Crippen LogP contribution is 2.43. The van der Waals surface area contributed by atoms with Crippen LogP contribution in [-0.2, 0) is 19.9 Å². The zero-order valence-corrected chi connectivity index (χ0v) is 12.2. The second-order valence-corrected chi connectivity index (χ2v) is 5.74. The predicted molar refractivity (Wildman–Crippen MR) is 72.2 cm³/mol. The summed E-state index contributed by atoms with van der Waals surface area (Å²) in [6, 6.07) is 8.05. The van der Waals surface area contributed by atoms with Crippen LogP contribution in [0.25, 0.3) is 0 Å². The fourth-order valence-corrected chi connectivity index (χ4v) is 2.19. The van der Waals surface area contributed by atoms with Crippen LogP contribution in [0, 0.1) is 0 Å². The SMILES string of the molecule is CC(C)OC(=O)CC[C@]1(c2ccc(Br)cc2)CO1. The molecule has 1 aromatic carbocycles. The first-order valence-corrected chi connectivity index (χ1v) is 6.91. The average molecular weight is 313 g/mol. The van der Waals surface area contributed by atoms with E-state index in [1.54, 1.807) is 0 Å². The van der Waals surface area contributed by atoms with Crippen molar-refractivity contribution in [3.63, 3.8) is 0 Å². The van der Waals surface area contributed by atoms with E-state index in [0.29, 0.717) is 19.4 Å². The fourth-order valence-electron chi connectivity index (χ4n) is 1.92. The van der Waals surface area contributed by atoms with Crippen molar-refractivity contribution in [1.82, 2.24) is 0 Å². The van der Waals surface area contributed by atoms with E-state index in [4.69, 9.17) is 9.47 Å². The summed E-state index contributed by atoms with van der Waals surface area (Å²) in [4.78, 5) is 11.5. The number of benzene rings is 1. The van der Waals surface area contributed by atoms with Crippen LogP contribution in [0.15, 0.2) is 28.7 Å². The van der Waals surface area contributed by atoms with E-state index in [1.165, 1.54) is 0 Å². The molecule has 0 aromatic heterocycles. The van der Waals surface area contributed by atoms with Crippen LogP contribution in [0.3, 0.4) is 0 Å². The molecular weight excluding hydrogens is 296 g/mol. The number of esters is 1. The summed E-state index contributed by atoms with van der Waals surface area (Å²) < 4.78 is 11.7. The van der Waals surface area contributed by atoms with Crippen molar-refractivity contribution in [3.8, 4) is 0 Å². The third kappa shape index (κ3) is 3.33. The lowest BCUT2D eigenvalue weighted by Gasteiger charge is -2.13. The molecule has 4 heteroatoms. The molecule has 0 bridgehead atoms. The van der Waals surface area contributed by atoms with E-state index >= 15 is 0 Å². The van der Waals surface area contributed by atoms with Crippen LogP contribution >= 0.6 is 15.9 Å². The van der Waals surface area contributed by atoms with Gasteiger partial charge in [0.05, 0.1) is 12.7 Å². The van der Waals surface area contributed by atoms with E-state index < -0.39 is 0 Å². The Morgan fingerprint density at radius 1 is 1.44 bits per heavy atom. The van der Waals surface area contributed by atoms with Crippen molar-refractivity contribution < 1.29 is 14.3 Å². The maximum absolute atomic E-state index is 11.5. The van der Waals surface area contributed by atoms with E-state index in [2.05, 4.69) is 15.9 Å². The van der Waals surface area contributed by atoms with Crippen molar-refractivity contribution in [2.75, 3.05) is 6.61 Å². The normalized spacial score (nSPS) is 22.0. The minimum absolute atomic E-state index is 0.0544. The van der Waals surface area contributed by atoms with Gasteiger partial charge in [-0.25, -0.2) is 0 Å². The van der Waals surface area contributed by atoms with Crippen molar-refractivity contribution in [1.29, 1.82) is 0 Å². The average Bonchev–Trinajstić information content (AvgIpc) is 3.08. The molecule has 0 unspecified atom stereocenters. The summed E-state index contributed by atoms with van der Waals surface area (Å²) in [5.41, 5.74) is 0.861. The number of hydrogen-bond donors (Lipinski definition) is 0. The molecule has 98 valence electrons. The van der Waals surface area contributed by atoms with E-state index in [1.807, 2.05) is 38.1 Å². The van der Waals surface area contributed by atoms with Gasteiger partial charge in [-0.15, -0.1) is 0 Å². The summed E-state index contributed by atoms with van der Waals surface area (Å²) in [6.45, 7) is 4.40. The first-order chi connectivity index (χ1) is 8.52. The van der Waals surface area contributed by atoms with Gasteiger partial charge in [-0.2, -0.15) is 0 Å². The molecule has 0 N–H and O–H groups in total. The van der Waals surface area contributed by atoms with Crippen LogP contribution in [0.2, 0.25) is 0 Å². The smallest absolute Gasteiger partial charge is 0.306 e. The van der Waals surface area contributed by atoms with Gasteiger partial charge < -0.3 is 9.47 Å². The molecule has 1 heterocycles. The van der Waals surface area contributed by atoms with Crippen molar-refractivity contribution >= 4 is 21.9 Å². The number of hydrogen-bond acceptors (Lipinski definition) is 3. The monoisotopic (exact) mass is 312 g/mol. The highest BCUT2D eigenvalue weighted by Gasteiger charge is 2.46. The molecule has 18 heavy (non-hydrogen) atoms. The number of halogens is 1. The predicted octanol–water partition coefficient (Wildman–Crippen LogP) is 3.41. The van der Waals surface area contributed by atoms with Gasteiger partial charge in [0.25, 0.3) is 0 Å². The topological polar surface area (TPSA) is 38.8 Å². The van der Waals surface area contributed by atoms with Gasteiger partial charge >= 0.3 is 5.97 Å². The van der Waals surface area contributed by atoms with Crippen molar-refractivity contribution in [2.24, 2.45) is 0 Å². The summed E-state index contributed by atoms with van der Waals surface area (Å²) in [5, 5.41) is 0. The highest BCUT2D eigenvalue weighted by atomic mass is 79.9. The minimum atomic E-state index is -0.267. The summed E-state index contributed by atoms with van der Waals surface area (Å²) in [5.74, 6) is -0.156. The third-order valence-corrected chi connectivity index (χ3v) is 3.49. The molecule has 0 saturated carbocycles. The van der Waals surface area contributed by atoms with Gasteiger partial charge in [-0.1, -0.05) is 28.1 Å². The van der Waals surface area contributed by atoms with Gasteiger partial charge in [0.15, 0.2) is 0 Å². The molecule has 1 fully saturated rings. The molecule has 1 aromatic rings. The maximum Gasteiger partial charge on any atom is 0.306 e. The van der Waals surface area contributed by atoms with Crippen LogP contribution < -0.4 is 0 Å². The lowest BCUT2D eigenvalue weighted by atomic mass is 9.95. The minimum Gasteiger partial charge on any atom is -0.463 e. The Balaban J connectivity index is 1.92. The molecule has 1 saturated heterocycles. The number of rotatable bonds is 5. The second-order valence-electron chi connectivity index (χ2n) is 4.83. The van der Waals surface area contributed by atoms with Gasteiger partial charge in [-0.05, 0) is 38.0 Å². The Morgan fingerprint density at radius 2 is 2.06 bits per heavy atom. The van der Waals surface area contributed by atoms with E-state index in [9.17, 15) is 4.79 Å². The lowest BCUT2D eigenvalue weighted by Crippen LogP contribution is -2.16. The number of ether oxygens (including phenoxy) is 2. The fraction of sp³-hybridized carbons (Fsp3) is 0.500. The molecule has 0 radical (unpaired) electrons.